The lowest BCUT2D eigenvalue weighted by atomic mass is 10.2. The Morgan fingerprint density at radius 3 is 2.17 bits per heavy atom. The fraction of sp³-hybridized carbons (Fsp3) is 0.562. The molecule has 24 heavy (non-hydrogen) atoms. The van der Waals surface area contributed by atoms with Crippen LogP contribution >= 0.6 is 15.9 Å². The van der Waals surface area contributed by atoms with Gasteiger partial charge in [-0.1, -0.05) is 28.4 Å². The summed E-state index contributed by atoms with van der Waals surface area (Å²) in [5, 5.41) is 0. The van der Waals surface area contributed by atoms with Gasteiger partial charge in [0, 0.05) is 49.3 Å². The minimum Gasteiger partial charge on any atom is -0.336 e. The standard InChI is InChI=1S/C16H22BrN3O3S/c17-15-6-4-5-14(13-15)16(21)18-9-11-20(12-10-18)24(22,23)19-7-2-1-3-8-19/h4-6,13H,1-3,7-12H2. The molecule has 0 aromatic heterocycles. The van der Waals surface area contributed by atoms with Crippen LogP contribution in [-0.2, 0) is 10.2 Å². The highest BCUT2D eigenvalue weighted by atomic mass is 79.9. The number of carbonyl (C=O) groups excluding carboxylic acids is 1. The number of benzene rings is 1. The third kappa shape index (κ3) is 3.82. The van der Waals surface area contributed by atoms with Gasteiger partial charge in [0.1, 0.15) is 0 Å². The van der Waals surface area contributed by atoms with Crippen molar-refractivity contribution >= 4 is 32.0 Å². The van der Waals surface area contributed by atoms with E-state index in [4.69, 9.17) is 0 Å². The van der Waals surface area contributed by atoms with Crippen molar-refractivity contribution in [3.8, 4) is 0 Å². The molecule has 2 heterocycles. The first kappa shape index (κ1) is 17.8. The summed E-state index contributed by atoms with van der Waals surface area (Å²) >= 11 is 3.37. The van der Waals surface area contributed by atoms with Gasteiger partial charge in [-0.05, 0) is 31.0 Å². The molecular formula is C16H22BrN3O3S. The van der Waals surface area contributed by atoms with E-state index in [9.17, 15) is 13.2 Å². The third-order valence-corrected chi connectivity index (χ3v) is 7.09. The molecule has 2 saturated heterocycles. The third-order valence-electron chi connectivity index (χ3n) is 4.57. The second-order valence-corrected chi connectivity index (χ2v) is 9.01. The first-order valence-electron chi connectivity index (χ1n) is 8.28. The molecule has 2 aliphatic heterocycles. The van der Waals surface area contributed by atoms with Gasteiger partial charge < -0.3 is 4.90 Å². The van der Waals surface area contributed by atoms with Gasteiger partial charge in [0.05, 0.1) is 0 Å². The fourth-order valence-electron chi connectivity index (χ4n) is 3.18. The highest BCUT2D eigenvalue weighted by Gasteiger charge is 2.34. The van der Waals surface area contributed by atoms with Crippen LogP contribution < -0.4 is 0 Å². The molecule has 0 radical (unpaired) electrons. The summed E-state index contributed by atoms with van der Waals surface area (Å²) < 4.78 is 29.3. The zero-order chi connectivity index (χ0) is 17.2. The van der Waals surface area contributed by atoms with E-state index in [0.29, 0.717) is 44.8 Å². The summed E-state index contributed by atoms with van der Waals surface area (Å²) in [6.07, 6.45) is 2.96. The highest BCUT2D eigenvalue weighted by molar-refractivity contribution is 9.10. The number of amides is 1. The molecular weight excluding hydrogens is 394 g/mol. The molecule has 1 aromatic carbocycles. The summed E-state index contributed by atoms with van der Waals surface area (Å²) in [5.74, 6) is -0.0497. The molecule has 1 aromatic rings. The number of piperazine rings is 1. The van der Waals surface area contributed by atoms with Crippen molar-refractivity contribution in [2.45, 2.75) is 19.3 Å². The first-order chi connectivity index (χ1) is 11.5. The maximum atomic E-state index is 12.7. The van der Waals surface area contributed by atoms with Gasteiger partial charge in [-0.3, -0.25) is 4.79 Å². The van der Waals surface area contributed by atoms with E-state index in [0.717, 1.165) is 23.7 Å². The van der Waals surface area contributed by atoms with Gasteiger partial charge in [0.15, 0.2) is 0 Å². The number of nitrogens with zero attached hydrogens (tertiary/aromatic N) is 3. The van der Waals surface area contributed by atoms with Crippen LogP contribution in [0.3, 0.4) is 0 Å². The van der Waals surface area contributed by atoms with Gasteiger partial charge in [0.25, 0.3) is 16.1 Å². The molecule has 3 rings (SSSR count). The van der Waals surface area contributed by atoms with Crippen LogP contribution in [0.2, 0.25) is 0 Å². The van der Waals surface area contributed by atoms with E-state index in [2.05, 4.69) is 15.9 Å². The quantitative estimate of drug-likeness (QED) is 0.757. The van der Waals surface area contributed by atoms with Crippen molar-refractivity contribution in [1.82, 2.24) is 13.5 Å². The highest BCUT2D eigenvalue weighted by Crippen LogP contribution is 2.19. The SMILES string of the molecule is O=C(c1cccc(Br)c1)N1CCN(S(=O)(=O)N2CCCCC2)CC1. The first-order valence-corrected chi connectivity index (χ1v) is 10.5. The Balaban J connectivity index is 1.62. The fourth-order valence-corrected chi connectivity index (χ4v) is 5.26. The van der Waals surface area contributed by atoms with Gasteiger partial charge in [-0.2, -0.15) is 17.0 Å². The van der Waals surface area contributed by atoms with Crippen molar-refractivity contribution in [1.29, 1.82) is 0 Å². The molecule has 8 heteroatoms. The lowest BCUT2D eigenvalue weighted by Crippen LogP contribution is -2.54. The van der Waals surface area contributed by atoms with E-state index in [1.54, 1.807) is 21.3 Å². The molecule has 0 aliphatic carbocycles. The Morgan fingerprint density at radius 2 is 1.54 bits per heavy atom. The molecule has 0 unspecified atom stereocenters. The van der Waals surface area contributed by atoms with Gasteiger partial charge >= 0.3 is 0 Å². The number of hydrogen-bond acceptors (Lipinski definition) is 3. The van der Waals surface area contributed by atoms with Crippen LogP contribution in [-0.4, -0.2) is 67.1 Å². The van der Waals surface area contributed by atoms with Crippen LogP contribution in [0.1, 0.15) is 29.6 Å². The normalized spacial score (nSPS) is 21.0. The van der Waals surface area contributed by atoms with Crippen molar-refractivity contribution < 1.29 is 13.2 Å². The summed E-state index contributed by atoms with van der Waals surface area (Å²) in [6, 6.07) is 7.28. The van der Waals surface area contributed by atoms with Crippen molar-refractivity contribution in [2.75, 3.05) is 39.3 Å². The number of halogens is 1. The Morgan fingerprint density at radius 1 is 0.917 bits per heavy atom. The van der Waals surface area contributed by atoms with Crippen molar-refractivity contribution in [2.24, 2.45) is 0 Å². The number of rotatable bonds is 3. The van der Waals surface area contributed by atoms with Crippen LogP contribution in [0.5, 0.6) is 0 Å². The van der Waals surface area contributed by atoms with E-state index < -0.39 is 10.2 Å². The van der Waals surface area contributed by atoms with Crippen molar-refractivity contribution in [3.05, 3.63) is 34.3 Å². The number of hydrogen-bond donors (Lipinski definition) is 0. The van der Waals surface area contributed by atoms with Crippen LogP contribution in [0, 0.1) is 0 Å². The van der Waals surface area contributed by atoms with E-state index in [-0.39, 0.29) is 5.91 Å². The molecule has 1 amide bonds. The monoisotopic (exact) mass is 415 g/mol. The zero-order valence-electron chi connectivity index (χ0n) is 13.5. The molecule has 0 N–H and O–H groups in total. The maximum Gasteiger partial charge on any atom is 0.282 e. The predicted octanol–water partition coefficient (Wildman–Crippen LogP) is 1.94. The molecule has 132 valence electrons. The lowest BCUT2D eigenvalue weighted by molar-refractivity contribution is 0.0693. The average molecular weight is 416 g/mol. The molecule has 2 aliphatic rings. The zero-order valence-corrected chi connectivity index (χ0v) is 15.9. The molecule has 6 nitrogen and oxygen atoms in total. The largest absolute Gasteiger partial charge is 0.336 e. The van der Waals surface area contributed by atoms with E-state index in [1.165, 1.54) is 4.31 Å². The average Bonchev–Trinajstić information content (AvgIpc) is 2.62. The minimum atomic E-state index is -3.38. The molecule has 0 saturated carbocycles. The van der Waals surface area contributed by atoms with Crippen molar-refractivity contribution in [3.63, 3.8) is 0 Å². The summed E-state index contributed by atoms with van der Waals surface area (Å²) in [7, 11) is -3.38. The van der Waals surface area contributed by atoms with E-state index >= 15 is 0 Å². The summed E-state index contributed by atoms with van der Waals surface area (Å²) in [5.41, 5.74) is 0.622. The second kappa shape index (κ2) is 7.51. The summed E-state index contributed by atoms with van der Waals surface area (Å²) in [4.78, 5) is 14.3. The predicted molar refractivity (Wildman–Crippen MR) is 96.0 cm³/mol. The maximum absolute atomic E-state index is 12.7. The second-order valence-electron chi connectivity index (χ2n) is 6.17. The smallest absolute Gasteiger partial charge is 0.282 e. The van der Waals surface area contributed by atoms with Gasteiger partial charge in [-0.25, -0.2) is 0 Å². The Hall–Kier alpha value is -0.960. The summed E-state index contributed by atoms with van der Waals surface area (Å²) in [6.45, 7) is 2.80. The topological polar surface area (TPSA) is 60.9 Å². The van der Waals surface area contributed by atoms with E-state index in [1.807, 2.05) is 12.1 Å². The lowest BCUT2D eigenvalue weighted by Gasteiger charge is -2.37. The molecule has 0 bridgehead atoms. The van der Waals surface area contributed by atoms with Crippen LogP contribution in [0.15, 0.2) is 28.7 Å². The Bertz CT molecular complexity index is 696. The Labute approximate surface area is 151 Å². The number of carbonyl (C=O) groups is 1. The van der Waals surface area contributed by atoms with Crippen LogP contribution in [0.4, 0.5) is 0 Å². The number of piperidine rings is 1. The molecule has 2 fully saturated rings. The molecule has 0 spiro atoms. The Kier molecular flexibility index (Phi) is 5.59. The van der Waals surface area contributed by atoms with Crippen LogP contribution in [0.25, 0.3) is 0 Å². The van der Waals surface area contributed by atoms with Gasteiger partial charge in [-0.15, -0.1) is 0 Å². The molecule has 0 atom stereocenters. The minimum absolute atomic E-state index is 0.0497. The van der Waals surface area contributed by atoms with Gasteiger partial charge in [0.2, 0.25) is 0 Å².